The number of thioether (sulfide) groups is 1. The molecule has 2 aromatic rings. The van der Waals surface area contributed by atoms with Gasteiger partial charge in [0.05, 0.1) is 13.9 Å². The summed E-state index contributed by atoms with van der Waals surface area (Å²) in [7, 11) is 0. The van der Waals surface area contributed by atoms with Gasteiger partial charge in [-0.1, -0.05) is 29.8 Å². The molecule has 1 heterocycles. The molecular formula is C19H13Br2ClN2O4S. The number of hydrogen-bond acceptors (Lipinski definition) is 5. The van der Waals surface area contributed by atoms with Gasteiger partial charge in [0, 0.05) is 10.6 Å². The van der Waals surface area contributed by atoms with E-state index >= 15 is 0 Å². The number of carbonyl (C=O) groups excluding carboxylic acids is 3. The maximum atomic E-state index is 12.3. The largest absolute Gasteiger partial charge is 0.486 e. The SMILES string of the molecule is NC(=O)CN1C(=O)S/C(=C\c2cc(Br)c(OCc3ccccc3Cl)c(Br)c2)C1=O. The van der Waals surface area contributed by atoms with E-state index in [1.54, 1.807) is 24.3 Å². The molecule has 0 aliphatic carbocycles. The first-order valence-corrected chi connectivity index (χ1v) is 10.9. The van der Waals surface area contributed by atoms with Gasteiger partial charge in [-0.15, -0.1) is 0 Å². The Morgan fingerprint density at radius 2 is 1.86 bits per heavy atom. The fraction of sp³-hybridized carbons (Fsp3) is 0.105. The Bertz CT molecular complexity index is 1020. The van der Waals surface area contributed by atoms with Crippen molar-refractivity contribution in [3.05, 3.63) is 66.4 Å². The second-order valence-electron chi connectivity index (χ2n) is 5.93. The predicted octanol–water partition coefficient (Wildman–Crippen LogP) is 4.97. The Hall–Kier alpha value is -1.81. The monoisotopic (exact) mass is 558 g/mol. The molecule has 1 aliphatic rings. The molecule has 0 atom stereocenters. The maximum Gasteiger partial charge on any atom is 0.294 e. The lowest BCUT2D eigenvalue weighted by molar-refractivity contribution is -0.127. The van der Waals surface area contributed by atoms with Crippen molar-refractivity contribution >= 4 is 78.4 Å². The Labute approximate surface area is 192 Å². The number of halogens is 3. The first kappa shape index (κ1) is 21.9. The minimum atomic E-state index is -0.751. The van der Waals surface area contributed by atoms with E-state index in [2.05, 4.69) is 31.9 Å². The molecule has 29 heavy (non-hydrogen) atoms. The van der Waals surface area contributed by atoms with Crippen LogP contribution in [-0.4, -0.2) is 28.5 Å². The van der Waals surface area contributed by atoms with Crippen LogP contribution in [-0.2, 0) is 16.2 Å². The molecule has 0 aromatic heterocycles. The van der Waals surface area contributed by atoms with Gasteiger partial charge in [0.15, 0.2) is 0 Å². The maximum absolute atomic E-state index is 12.3. The zero-order chi connectivity index (χ0) is 21.1. The van der Waals surface area contributed by atoms with Gasteiger partial charge >= 0.3 is 0 Å². The Morgan fingerprint density at radius 3 is 2.48 bits per heavy atom. The van der Waals surface area contributed by atoms with Gasteiger partial charge in [-0.2, -0.15) is 0 Å². The van der Waals surface area contributed by atoms with Crippen molar-refractivity contribution in [1.29, 1.82) is 0 Å². The zero-order valence-corrected chi connectivity index (χ0v) is 19.4. The first-order valence-electron chi connectivity index (χ1n) is 8.15. The van der Waals surface area contributed by atoms with Crippen LogP contribution in [0.5, 0.6) is 5.75 Å². The van der Waals surface area contributed by atoms with Crippen molar-refractivity contribution in [1.82, 2.24) is 4.90 Å². The molecule has 3 amide bonds. The number of nitrogens with zero attached hydrogens (tertiary/aromatic N) is 1. The van der Waals surface area contributed by atoms with Crippen LogP contribution in [0.25, 0.3) is 6.08 Å². The average Bonchev–Trinajstić information content (AvgIpc) is 2.89. The molecule has 2 aromatic carbocycles. The third-order valence-electron chi connectivity index (χ3n) is 3.84. The molecule has 1 saturated heterocycles. The van der Waals surface area contributed by atoms with E-state index in [0.29, 0.717) is 25.3 Å². The fourth-order valence-corrected chi connectivity index (χ4v) is 4.99. The summed E-state index contributed by atoms with van der Waals surface area (Å²) in [5, 5.41) is 0.0842. The normalized spacial score (nSPS) is 15.3. The Kier molecular flexibility index (Phi) is 7.05. The number of imide groups is 1. The molecule has 0 unspecified atom stereocenters. The Morgan fingerprint density at radius 1 is 1.21 bits per heavy atom. The molecule has 3 rings (SSSR count). The molecule has 0 bridgehead atoms. The predicted molar refractivity (Wildman–Crippen MR) is 119 cm³/mol. The van der Waals surface area contributed by atoms with Gasteiger partial charge in [0.1, 0.15) is 18.9 Å². The number of hydrogen-bond donors (Lipinski definition) is 1. The number of rotatable bonds is 6. The molecule has 0 saturated carbocycles. The summed E-state index contributed by atoms with van der Waals surface area (Å²) in [6, 6.07) is 10.9. The number of carbonyl (C=O) groups is 3. The molecule has 6 nitrogen and oxygen atoms in total. The van der Waals surface area contributed by atoms with Crippen LogP contribution in [0.3, 0.4) is 0 Å². The van der Waals surface area contributed by atoms with E-state index in [4.69, 9.17) is 22.1 Å². The van der Waals surface area contributed by atoms with Gasteiger partial charge in [-0.25, -0.2) is 0 Å². The fourth-order valence-electron chi connectivity index (χ4n) is 2.51. The lowest BCUT2D eigenvalue weighted by atomic mass is 10.2. The molecule has 1 aliphatic heterocycles. The summed E-state index contributed by atoms with van der Waals surface area (Å²) in [6.45, 7) is -0.160. The van der Waals surface area contributed by atoms with Crippen molar-refractivity contribution in [2.24, 2.45) is 5.73 Å². The number of ether oxygens (including phenoxy) is 1. The lowest BCUT2D eigenvalue weighted by Gasteiger charge is -2.12. The van der Waals surface area contributed by atoms with Crippen molar-refractivity contribution in [3.63, 3.8) is 0 Å². The van der Waals surface area contributed by atoms with Crippen LogP contribution in [0, 0.1) is 0 Å². The van der Waals surface area contributed by atoms with Crippen molar-refractivity contribution in [2.45, 2.75) is 6.61 Å². The standard InChI is InChI=1S/C19H13Br2ClN2O4S/c20-12-5-10(7-15-18(26)24(8-16(23)25)19(27)29-15)6-13(21)17(12)28-9-11-3-1-2-4-14(11)22/h1-7H,8-9H2,(H2,23,25)/b15-7-. The summed E-state index contributed by atoms with van der Waals surface area (Å²) in [5.74, 6) is -0.729. The summed E-state index contributed by atoms with van der Waals surface area (Å²) in [5.41, 5.74) is 6.60. The molecule has 150 valence electrons. The van der Waals surface area contributed by atoms with E-state index in [-0.39, 0.29) is 11.5 Å². The van der Waals surface area contributed by atoms with Crippen LogP contribution >= 0.6 is 55.2 Å². The third-order valence-corrected chi connectivity index (χ3v) is 6.29. The minimum Gasteiger partial charge on any atom is -0.486 e. The molecule has 1 fully saturated rings. The van der Waals surface area contributed by atoms with Gasteiger partial charge < -0.3 is 10.5 Å². The quantitative estimate of drug-likeness (QED) is 0.505. The highest BCUT2D eigenvalue weighted by Crippen LogP contribution is 2.38. The molecule has 0 radical (unpaired) electrons. The van der Waals surface area contributed by atoms with E-state index < -0.39 is 23.6 Å². The second kappa shape index (κ2) is 9.34. The highest BCUT2D eigenvalue weighted by Gasteiger charge is 2.35. The number of nitrogens with two attached hydrogens (primary N) is 1. The zero-order valence-electron chi connectivity index (χ0n) is 14.7. The molecule has 2 N–H and O–H groups in total. The lowest BCUT2D eigenvalue weighted by Crippen LogP contribution is -2.36. The van der Waals surface area contributed by atoms with Crippen LogP contribution in [0.1, 0.15) is 11.1 Å². The van der Waals surface area contributed by atoms with Gasteiger partial charge in [0.25, 0.3) is 11.1 Å². The molecule has 0 spiro atoms. The number of amides is 3. The summed E-state index contributed by atoms with van der Waals surface area (Å²) < 4.78 is 7.18. The molecular weight excluding hydrogens is 548 g/mol. The summed E-state index contributed by atoms with van der Waals surface area (Å²) >= 11 is 13.8. The van der Waals surface area contributed by atoms with Crippen molar-refractivity contribution < 1.29 is 19.1 Å². The summed E-state index contributed by atoms with van der Waals surface area (Å²) in [6.07, 6.45) is 1.57. The van der Waals surface area contributed by atoms with E-state index in [0.717, 1.165) is 22.2 Å². The molecule has 10 heteroatoms. The second-order valence-corrected chi connectivity index (χ2v) is 9.04. The average molecular weight is 561 g/mol. The van der Waals surface area contributed by atoms with Crippen molar-refractivity contribution in [3.8, 4) is 5.75 Å². The topological polar surface area (TPSA) is 89.7 Å². The minimum absolute atomic E-state index is 0.208. The van der Waals surface area contributed by atoms with Gasteiger partial charge in [0.2, 0.25) is 5.91 Å². The van der Waals surface area contributed by atoms with Crippen LogP contribution in [0.15, 0.2) is 50.2 Å². The Balaban J connectivity index is 1.80. The van der Waals surface area contributed by atoms with E-state index in [1.165, 1.54) is 0 Å². The number of primary amides is 1. The van der Waals surface area contributed by atoms with Gasteiger partial charge in [-0.05, 0) is 73.5 Å². The van der Waals surface area contributed by atoms with Crippen LogP contribution in [0.2, 0.25) is 5.02 Å². The highest BCUT2D eigenvalue weighted by atomic mass is 79.9. The van der Waals surface area contributed by atoms with Gasteiger partial charge in [-0.3, -0.25) is 19.3 Å². The number of benzene rings is 2. The highest BCUT2D eigenvalue weighted by molar-refractivity contribution is 9.11. The summed E-state index contributed by atoms with van der Waals surface area (Å²) in [4.78, 5) is 36.3. The van der Waals surface area contributed by atoms with E-state index in [9.17, 15) is 14.4 Å². The van der Waals surface area contributed by atoms with E-state index in [1.807, 2.05) is 18.2 Å². The smallest absolute Gasteiger partial charge is 0.294 e. The van der Waals surface area contributed by atoms with Crippen LogP contribution < -0.4 is 10.5 Å². The first-order chi connectivity index (χ1) is 13.8. The van der Waals surface area contributed by atoms with Crippen molar-refractivity contribution in [2.75, 3.05) is 6.54 Å². The van der Waals surface area contributed by atoms with Crippen LogP contribution in [0.4, 0.5) is 4.79 Å². The third kappa shape index (κ3) is 5.22.